The molecule has 0 fully saturated rings. The third-order valence-corrected chi connectivity index (χ3v) is 2.77. The summed E-state index contributed by atoms with van der Waals surface area (Å²) in [5, 5.41) is 2.57. The molecule has 0 spiro atoms. The van der Waals surface area contributed by atoms with Gasteiger partial charge in [0.05, 0.1) is 12.6 Å². The van der Waals surface area contributed by atoms with E-state index in [1.165, 1.54) is 0 Å². The first-order valence-electron chi connectivity index (χ1n) is 5.96. The van der Waals surface area contributed by atoms with Gasteiger partial charge in [0.2, 0.25) is 0 Å². The fourth-order valence-corrected chi connectivity index (χ4v) is 1.94. The minimum absolute atomic E-state index is 0.455. The molecule has 4 heteroatoms. The molecule has 100 valence electrons. The van der Waals surface area contributed by atoms with Crippen LogP contribution in [-0.2, 0) is 0 Å². The second-order valence-corrected chi connectivity index (χ2v) is 4.25. The van der Waals surface area contributed by atoms with Crippen molar-refractivity contribution < 1.29 is 13.2 Å². The Morgan fingerprint density at radius 2 is 1.21 bits per heavy atom. The SMILES string of the molecule is FC(F)(F)CNC(c1ccccc1)c1ccccc1. The molecule has 0 saturated heterocycles. The summed E-state index contributed by atoms with van der Waals surface area (Å²) in [6.45, 7) is -1.01. The molecule has 0 unspecified atom stereocenters. The predicted octanol–water partition coefficient (Wildman–Crippen LogP) is 3.93. The number of benzene rings is 2. The largest absolute Gasteiger partial charge is 0.401 e. The molecule has 0 aromatic heterocycles. The van der Waals surface area contributed by atoms with Crippen molar-refractivity contribution in [2.24, 2.45) is 0 Å². The van der Waals surface area contributed by atoms with Crippen molar-refractivity contribution in [2.45, 2.75) is 12.2 Å². The molecule has 2 rings (SSSR count). The van der Waals surface area contributed by atoms with E-state index >= 15 is 0 Å². The van der Waals surface area contributed by atoms with E-state index in [1.807, 2.05) is 60.7 Å². The highest BCUT2D eigenvalue weighted by atomic mass is 19.4. The van der Waals surface area contributed by atoms with Gasteiger partial charge in [0.15, 0.2) is 0 Å². The topological polar surface area (TPSA) is 12.0 Å². The maximum absolute atomic E-state index is 12.4. The lowest BCUT2D eigenvalue weighted by Crippen LogP contribution is -2.32. The van der Waals surface area contributed by atoms with Gasteiger partial charge < -0.3 is 0 Å². The van der Waals surface area contributed by atoms with E-state index in [4.69, 9.17) is 0 Å². The van der Waals surface area contributed by atoms with Crippen LogP contribution in [0.2, 0.25) is 0 Å². The van der Waals surface area contributed by atoms with Gasteiger partial charge in [-0.2, -0.15) is 13.2 Å². The Bertz CT molecular complexity index is 454. The van der Waals surface area contributed by atoms with Gasteiger partial charge in [0, 0.05) is 0 Å². The van der Waals surface area contributed by atoms with Crippen molar-refractivity contribution in [2.75, 3.05) is 6.54 Å². The first kappa shape index (κ1) is 13.6. The van der Waals surface area contributed by atoms with Crippen molar-refractivity contribution in [3.05, 3.63) is 71.8 Å². The Morgan fingerprint density at radius 3 is 1.58 bits per heavy atom. The molecule has 1 N–H and O–H groups in total. The van der Waals surface area contributed by atoms with Gasteiger partial charge in [-0.1, -0.05) is 60.7 Å². The Hall–Kier alpha value is -1.81. The molecule has 0 radical (unpaired) electrons. The first-order chi connectivity index (χ1) is 9.06. The van der Waals surface area contributed by atoms with E-state index in [1.54, 1.807) is 0 Å². The minimum Gasteiger partial charge on any atom is -0.298 e. The number of nitrogens with one attached hydrogen (secondary N) is 1. The second kappa shape index (κ2) is 5.89. The molecule has 0 heterocycles. The van der Waals surface area contributed by atoms with E-state index in [-0.39, 0.29) is 0 Å². The summed E-state index contributed by atoms with van der Waals surface area (Å²) in [5.41, 5.74) is 1.64. The highest BCUT2D eigenvalue weighted by Gasteiger charge is 2.28. The summed E-state index contributed by atoms with van der Waals surface area (Å²) >= 11 is 0. The number of rotatable bonds is 4. The van der Waals surface area contributed by atoms with Crippen molar-refractivity contribution in [1.29, 1.82) is 0 Å². The first-order valence-corrected chi connectivity index (χ1v) is 5.96. The summed E-state index contributed by atoms with van der Waals surface area (Å²) in [5.74, 6) is 0. The Kier molecular flexibility index (Phi) is 4.22. The molecule has 0 aliphatic heterocycles. The van der Waals surface area contributed by atoms with Crippen LogP contribution in [-0.4, -0.2) is 12.7 Å². The number of alkyl halides is 3. The van der Waals surface area contributed by atoms with Crippen LogP contribution in [0.3, 0.4) is 0 Å². The Balaban J connectivity index is 2.24. The van der Waals surface area contributed by atoms with E-state index in [0.29, 0.717) is 0 Å². The second-order valence-electron chi connectivity index (χ2n) is 4.25. The van der Waals surface area contributed by atoms with Crippen molar-refractivity contribution >= 4 is 0 Å². The molecular formula is C15H14F3N. The van der Waals surface area contributed by atoms with Crippen LogP contribution < -0.4 is 5.32 Å². The molecule has 2 aromatic rings. The zero-order valence-corrected chi connectivity index (χ0v) is 10.2. The monoisotopic (exact) mass is 265 g/mol. The lowest BCUT2D eigenvalue weighted by atomic mass is 9.99. The molecule has 0 aliphatic rings. The smallest absolute Gasteiger partial charge is 0.298 e. The predicted molar refractivity (Wildman–Crippen MR) is 68.8 cm³/mol. The van der Waals surface area contributed by atoms with Gasteiger partial charge in [0.25, 0.3) is 0 Å². The average Bonchev–Trinajstić information content (AvgIpc) is 2.40. The van der Waals surface area contributed by atoms with Gasteiger partial charge in [-0.3, -0.25) is 5.32 Å². The standard InChI is InChI=1S/C15H14F3N/c16-15(17,18)11-19-14(12-7-3-1-4-8-12)13-9-5-2-6-10-13/h1-10,14,19H,11H2. The highest BCUT2D eigenvalue weighted by Crippen LogP contribution is 2.23. The van der Waals surface area contributed by atoms with Crippen molar-refractivity contribution in [1.82, 2.24) is 5.32 Å². The molecule has 0 aliphatic carbocycles. The summed E-state index contributed by atoms with van der Waals surface area (Å²) in [7, 11) is 0. The zero-order chi connectivity index (χ0) is 13.7. The van der Waals surface area contributed by atoms with Crippen LogP contribution in [0, 0.1) is 0 Å². The molecular weight excluding hydrogens is 251 g/mol. The molecule has 0 saturated carbocycles. The summed E-state index contributed by atoms with van der Waals surface area (Å²) in [6.07, 6.45) is -4.22. The average molecular weight is 265 g/mol. The van der Waals surface area contributed by atoms with Gasteiger partial charge in [-0.05, 0) is 11.1 Å². The Morgan fingerprint density at radius 1 is 0.789 bits per heavy atom. The van der Waals surface area contributed by atoms with E-state index in [9.17, 15) is 13.2 Å². The fourth-order valence-electron chi connectivity index (χ4n) is 1.94. The van der Waals surface area contributed by atoms with Crippen LogP contribution >= 0.6 is 0 Å². The molecule has 19 heavy (non-hydrogen) atoms. The number of halogens is 3. The lowest BCUT2D eigenvalue weighted by Gasteiger charge is -2.20. The van der Waals surface area contributed by atoms with Crippen LogP contribution in [0.25, 0.3) is 0 Å². The Labute approximate surface area is 110 Å². The van der Waals surface area contributed by atoms with Gasteiger partial charge >= 0.3 is 6.18 Å². The molecule has 0 bridgehead atoms. The van der Waals surface area contributed by atoms with Gasteiger partial charge in [-0.15, -0.1) is 0 Å². The quantitative estimate of drug-likeness (QED) is 0.883. The zero-order valence-electron chi connectivity index (χ0n) is 10.2. The third-order valence-electron chi connectivity index (χ3n) is 2.77. The van der Waals surface area contributed by atoms with Crippen molar-refractivity contribution in [3.63, 3.8) is 0 Å². The van der Waals surface area contributed by atoms with Crippen LogP contribution in [0.4, 0.5) is 13.2 Å². The number of hydrogen-bond donors (Lipinski definition) is 1. The van der Waals surface area contributed by atoms with Crippen molar-refractivity contribution in [3.8, 4) is 0 Å². The molecule has 1 nitrogen and oxygen atoms in total. The third kappa shape index (κ3) is 4.10. The van der Waals surface area contributed by atoms with E-state index in [2.05, 4.69) is 5.32 Å². The normalized spacial score (nSPS) is 11.8. The lowest BCUT2D eigenvalue weighted by molar-refractivity contribution is -0.125. The molecule has 0 atom stereocenters. The molecule has 2 aromatic carbocycles. The van der Waals surface area contributed by atoms with Crippen LogP contribution in [0.1, 0.15) is 17.2 Å². The highest BCUT2D eigenvalue weighted by molar-refractivity contribution is 5.31. The summed E-state index contributed by atoms with van der Waals surface area (Å²) < 4.78 is 37.2. The van der Waals surface area contributed by atoms with E-state index in [0.717, 1.165) is 11.1 Å². The summed E-state index contributed by atoms with van der Waals surface area (Å²) in [6, 6.07) is 17.8. The van der Waals surface area contributed by atoms with Crippen LogP contribution in [0.5, 0.6) is 0 Å². The van der Waals surface area contributed by atoms with Gasteiger partial charge in [-0.25, -0.2) is 0 Å². The maximum atomic E-state index is 12.4. The van der Waals surface area contributed by atoms with Gasteiger partial charge in [0.1, 0.15) is 0 Å². The maximum Gasteiger partial charge on any atom is 0.401 e. The number of hydrogen-bond acceptors (Lipinski definition) is 1. The molecule has 0 amide bonds. The van der Waals surface area contributed by atoms with E-state index < -0.39 is 18.8 Å². The van der Waals surface area contributed by atoms with Crippen LogP contribution in [0.15, 0.2) is 60.7 Å². The minimum atomic E-state index is -4.22. The summed E-state index contributed by atoms with van der Waals surface area (Å²) in [4.78, 5) is 0. The fraction of sp³-hybridized carbons (Fsp3) is 0.200.